The quantitative estimate of drug-likeness (QED) is 0.735. The Bertz CT molecular complexity index is 873. The minimum atomic E-state index is -3.09. The van der Waals surface area contributed by atoms with Gasteiger partial charge in [0.05, 0.1) is 30.6 Å². The fourth-order valence-corrected chi connectivity index (χ4v) is 5.99. The Morgan fingerprint density at radius 2 is 1.93 bits per heavy atom. The number of carbonyl (C=O) groups is 2. The maximum absolute atomic E-state index is 13.1. The van der Waals surface area contributed by atoms with E-state index in [0.29, 0.717) is 26.1 Å². The molecule has 3 atom stereocenters. The third-order valence-corrected chi connectivity index (χ3v) is 7.53. The number of halogens is 1. The largest absolute Gasteiger partial charge is 0.370 e. The maximum Gasteiger partial charge on any atom is 0.228 e. The van der Waals surface area contributed by atoms with Crippen LogP contribution in [0.3, 0.4) is 0 Å². The molecule has 3 fully saturated rings. The molecule has 2 amide bonds. The fourth-order valence-electron chi connectivity index (χ4n) is 4.26. The van der Waals surface area contributed by atoms with Gasteiger partial charge in [-0.25, -0.2) is 12.8 Å². The average Bonchev–Trinajstić information content (AvgIpc) is 3.23. The summed E-state index contributed by atoms with van der Waals surface area (Å²) in [5, 5.41) is 0. The van der Waals surface area contributed by atoms with Gasteiger partial charge in [-0.05, 0) is 24.1 Å². The Kier molecular flexibility index (Phi) is 5.13. The Morgan fingerprint density at radius 1 is 1.18 bits per heavy atom. The summed E-state index contributed by atoms with van der Waals surface area (Å²) in [6.45, 7) is 1.45. The summed E-state index contributed by atoms with van der Waals surface area (Å²) in [6, 6.07) is 5.71. The normalized spacial score (nSPS) is 30.0. The van der Waals surface area contributed by atoms with Crippen LogP contribution in [0.5, 0.6) is 0 Å². The molecule has 0 aliphatic carbocycles. The van der Waals surface area contributed by atoms with Gasteiger partial charge in [0.15, 0.2) is 9.84 Å². The summed E-state index contributed by atoms with van der Waals surface area (Å²) in [5.74, 6) is -0.947. The highest BCUT2D eigenvalue weighted by Crippen LogP contribution is 2.29. The number of hydrogen-bond donors (Lipinski definition) is 0. The van der Waals surface area contributed by atoms with E-state index < -0.39 is 15.8 Å². The number of likely N-dealkylation sites (tertiary alicyclic amines) is 1. The number of benzene rings is 1. The van der Waals surface area contributed by atoms with E-state index in [1.165, 1.54) is 12.1 Å². The van der Waals surface area contributed by atoms with Crippen LogP contribution in [0.4, 0.5) is 4.39 Å². The standard InChI is InChI=1S/C19H23FN2O5S/c20-15-3-1-13(2-4-15)17-11-21(6-7-27-17)19(24)14-9-18(23)22(10-14)16-5-8-28(25,26)12-16/h1-4,14,16-17H,5-12H2/t14-,16+,17-/m1/s1. The molecule has 7 nitrogen and oxygen atoms in total. The molecule has 152 valence electrons. The van der Waals surface area contributed by atoms with Gasteiger partial charge in [0.2, 0.25) is 11.8 Å². The molecule has 3 heterocycles. The van der Waals surface area contributed by atoms with E-state index in [0.717, 1.165) is 5.56 Å². The van der Waals surface area contributed by atoms with Gasteiger partial charge in [-0.1, -0.05) is 12.1 Å². The number of amides is 2. The molecule has 0 unspecified atom stereocenters. The van der Waals surface area contributed by atoms with Gasteiger partial charge in [0.1, 0.15) is 11.9 Å². The summed E-state index contributed by atoms with van der Waals surface area (Å²) in [6.07, 6.45) is 0.235. The Balaban J connectivity index is 1.40. The summed E-state index contributed by atoms with van der Waals surface area (Å²) >= 11 is 0. The predicted octanol–water partition coefficient (Wildman–Crippen LogP) is 0.761. The van der Waals surface area contributed by atoms with Crippen molar-refractivity contribution in [1.82, 2.24) is 9.80 Å². The van der Waals surface area contributed by atoms with Gasteiger partial charge in [0.25, 0.3) is 0 Å². The predicted molar refractivity (Wildman–Crippen MR) is 98.6 cm³/mol. The number of ether oxygens (including phenoxy) is 1. The molecular formula is C19H23FN2O5S. The number of carbonyl (C=O) groups excluding carboxylic acids is 2. The van der Waals surface area contributed by atoms with Crippen molar-refractivity contribution < 1.29 is 27.1 Å². The van der Waals surface area contributed by atoms with Gasteiger partial charge in [-0.15, -0.1) is 0 Å². The lowest BCUT2D eigenvalue weighted by atomic mass is 10.0. The molecule has 1 aromatic rings. The van der Waals surface area contributed by atoms with Crippen molar-refractivity contribution in [3.05, 3.63) is 35.6 Å². The lowest BCUT2D eigenvalue weighted by Crippen LogP contribution is -2.46. The fraction of sp³-hybridized carbons (Fsp3) is 0.579. The summed E-state index contributed by atoms with van der Waals surface area (Å²) in [7, 11) is -3.09. The van der Waals surface area contributed by atoms with E-state index >= 15 is 0 Å². The van der Waals surface area contributed by atoms with Crippen LogP contribution in [0.25, 0.3) is 0 Å². The third-order valence-electron chi connectivity index (χ3n) is 5.78. The number of morpholine rings is 1. The summed E-state index contributed by atoms with van der Waals surface area (Å²) < 4.78 is 42.3. The molecule has 0 saturated carbocycles. The van der Waals surface area contributed by atoms with Crippen LogP contribution in [-0.4, -0.2) is 73.8 Å². The van der Waals surface area contributed by atoms with E-state index in [4.69, 9.17) is 4.74 Å². The van der Waals surface area contributed by atoms with Crippen LogP contribution in [0.15, 0.2) is 24.3 Å². The first-order chi connectivity index (χ1) is 13.3. The Labute approximate surface area is 163 Å². The SMILES string of the molecule is O=C([C@@H]1CC(=O)N([C@H]2CCS(=O)(=O)C2)C1)N1CCO[C@@H](c2ccc(F)cc2)C1. The van der Waals surface area contributed by atoms with Crippen molar-refractivity contribution in [2.75, 3.05) is 37.7 Å². The highest BCUT2D eigenvalue weighted by Gasteiger charge is 2.43. The van der Waals surface area contributed by atoms with Gasteiger partial charge < -0.3 is 14.5 Å². The zero-order chi connectivity index (χ0) is 19.9. The molecule has 9 heteroatoms. The first-order valence-electron chi connectivity index (χ1n) is 9.48. The zero-order valence-electron chi connectivity index (χ0n) is 15.4. The Morgan fingerprint density at radius 3 is 2.61 bits per heavy atom. The molecule has 0 bridgehead atoms. The van der Waals surface area contributed by atoms with Crippen LogP contribution >= 0.6 is 0 Å². The first kappa shape index (κ1) is 19.3. The molecular weight excluding hydrogens is 387 g/mol. The van der Waals surface area contributed by atoms with E-state index in [2.05, 4.69) is 0 Å². The molecule has 3 aliphatic heterocycles. The average molecular weight is 410 g/mol. The smallest absolute Gasteiger partial charge is 0.228 e. The van der Waals surface area contributed by atoms with Crippen LogP contribution in [-0.2, 0) is 24.2 Å². The van der Waals surface area contributed by atoms with Crippen LogP contribution in [0, 0.1) is 11.7 Å². The highest BCUT2D eigenvalue weighted by molar-refractivity contribution is 7.91. The first-order valence-corrected chi connectivity index (χ1v) is 11.3. The zero-order valence-corrected chi connectivity index (χ0v) is 16.2. The van der Waals surface area contributed by atoms with Crippen molar-refractivity contribution in [1.29, 1.82) is 0 Å². The minimum Gasteiger partial charge on any atom is -0.370 e. The number of sulfone groups is 1. The lowest BCUT2D eigenvalue weighted by molar-refractivity contribution is -0.143. The topological polar surface area (TPSA) is 84.0 Å². The van der Waals surface area contributed by atoms with Crippen LogP contribution in [0.2, 0.25) is 0 Å². The highest BCUT2D eigenvalue weighted by atomic mass is 32.2. The lowest BCUT2D eigenvalue weighted by Gasteiger charge is -2.34. The second-order valence-electron chi connectivity index (χ2n) is 7.70. The third kappa shape index (κ3) is 3.91. The second-order valence-corrected chi connectivity index (χ2v) is 9.93. The van der Waals surface area contributed by atoms with Crippen molar-refractivity contribution >= 4 is 21.7 Å². The summed E-state index contributed by atoms with van der Waals surface area (Å²) in [4.78, 5) is 28.6. The van der Waals surface area contributed by atoms with E-state index in [1.807, 2.05) is 0 Å². The van der Waals surface area contributed by atoms with Gasteiger partial charge in [0, 0.05) is 25.6 Å². The molecule has 3 aliphatic rings. The van der Waals surface area contributed by atoms with E-state index in [9.17, 15) is 22.4 Å². The van der Waals surface area contributed by atoms with E-state index in [1.54, 1.807) is 21.9 Å². The molecule has 0 radical (unpaired) electrons. The van der Waals surface area contributed by atoms with Crippen LogP contribution in [0.1, 0.15) is 24.5 Å². The molecule has 0 aromatic heterocycles. The second kappa shape index (κ2) is 7.44. The van der Waals surface area contributed by atoms with Gasteiger partial charge in [-0.2, -0.15) is 0 Å². The van der Waals surface area contributed by atoms with E-state index in [-0.39, 0.29) is 54.2 Å². The monoisotopic (exact) mass is 410 g/mol. The summed E-state index contributed by atoms with van der Waals surface area (Å²) in [5.41, 5.74) is 0.805. The maximum atomic E-state index is 13.1. The molecule has 4 rings (SSSR count). The molecule has 0 N–H and O–H groups in total. The number of rotatable bonds is 3. The van der Waals surface area contributed by atoms with Gasteiger partial charge in [-0.3, -0.25) is 9.59 Å². The number of hydrogen-bond acceptors (Lipinski definition) is 5. The number of nitrogens with zero attached hydrogens (tertiary/aromatic N) is 2. The molecule has 1 aromatic carbocycles. The molecule has 0 spiro atoms. The van der Waals surface area contributed by atoms with Crippen LogP contribution < -0.4 is 0 Å². The molecule has 3 saturated heterocycles. The van der Waals surface area contributed by atoms with Gasteiger partial charge >= 0.3 is 0 Å². The molecule has 28 heavy (non-hydrogen) atoms. The van der Waals surface area contributed by atoms with Crippen molar-refractivity contribution in [3.63, 3.8) is 0 Å². The Hall–Kier alpha value is -2.00. The van der Waals surface area contributed by atoms with Crippen molar-refractivity contribution in [3.8, 4) is 0 Å². The van der Waals surface area contributed by atoms with Crippen molar-refractivity contribution in [2.24, 2.45) is 5.92 Å². The minimum absolute atomic E-state index is 0.0101. The van der Waals surface area contributed by atoms with Crippen molar-refractivity contribution in [2.45, 2.75) is 25.0 Å².